The van der Waals surface area contributed by atoms with Gasteiger partial charge in [0.25, 0.3) is 0 Å². The number of nitro groups is 1. The molecule has 1 aliphatic rings. The lowest BCUT2D eigenvalue weighted by Crippen LogP contribution is -2.34. The molecule has 1 atom stereocenters. The van der Waals surface area contributed by atoms with Crippen molar-refractivity contribution < 1.29 is 33.1 Å². The largest absolute Gasteiger partial charge is 0.490 e. The van der Waals surface area contributed by atoms with E-state index in [9.17, 15) is 24.1 Å². The standard InChI is InChI=1S/C20H23FN2O7/c1-5-9-30-20(25)15-11(2)22-13(10-21)17(19(24)29-4)16(15)12-7-6-8-14(23(26)27)18(12)28-3/h6-8,16,22H,5,9-10H2,1-4H3. The fourth-order valence-corrected chi connectivity index (χ4v) is 3.34. The second-order valence-corrected chi connectivity index (χ2v) is 6.41. The van der Waals surface area contributed by atoms with Gasteiger partial charge in [0.05, 0.1) is 48.5 Å². The molecule has 0 radical (unpaired) electrons. The molecule has 0 fully saturated rings. The number of alkyl halides is 1. The summed E-state index contributed by atoms with van der Waals surface area (Å²) in [7, 11) is 2.35. The SMILES string of the molecule is CCCOC(=O)C1=C(C)NC(CF)=C(C(=O)OC)C1c1cccc([N+](=O)[O-])c1OC. The van der Waals surface area contributed by atoms with Crippen LogP contribution in [0.25, 0.3) is 0 Å². The maximum absolute atomic E-state index is 13.8. The van der Waals surface area contributed by atoms with Gasteiger partial charge in [-0.25, -0.2) is 14.0 Å². The number of dihydropyridines is 1. The van der Waals surface area contributed by atoms with Crippen molar-refractivity contribution in [3.8, 4) is 5.75 Å². The first-order valence-electron chi connectivity index (χ1n) is 9.15. The second kappa shape index (κ2) is 9.86. The maximum Gasteiger partial charge on any atom is 0.336 e. The minimum Gasteiger partial charge on any atom is -0.490 e. The Bertz CT molecular complexity index is 924. The van der Waals surface area contributed by atoms with E-state index in [0.29, 0.717) is 6.42 Å². The molecular weight excluding hydrogens is 399 g/mol. The van der Waals surface area contributed by atoms with Gasteiger partial charge in [0.1, 0.15) is 6.67 Å². The quantitative estimate of drug-likeness (QED) is 0.386. The third-order valence-corrected chi connectivity index (χ3v) is 4.58. The van der Waals surface area contributed by atoms with Crippen LogP contribution >= 0.6 is 0 Å². The summed E-state index contributed by atoms with van der Waals surface area (Å²) < 4.78 is 29.1. The first-order valence-corrected chi connectivity index (χ1v) is 9.15. The van der Waals surface area contributed by atoms with Crippen LogP contribution in [0, 0.1) is 10.1 Å². The van der Waals surface area contributed by atoms with E-state index in [2.05, 4.69) is 5.32 Å². The average molecular weight is 422 g/mol. The zero-order valence-electron chi connectivity index (χ0n) is 17.1. The molecule has 0 spiro atoms. The Morgan fingerprint density at radius 3 is 2.47 bits per heavy atom. The molecule has 0 amide bonds. The lowest BCUT2D eigenvalue weighted by molar-refractivity contribution is -0.385. The summed E-state index contributed by atoms with van der Waals surface area (Å²) in [4.78, 5) is 36.3. The van der Waals surface area contributed by atoms with Crippen LogP contribution in [0.2, 0.25) is 0 Å². The molecule has 9 nitrogen and oxygen atoms in total. The molecule has 10 heteroatoms. The van der Waals surface area contributed by atoms with Gasteiger partial charge in [0, 0.05) is 17.3 Å². The number of benzene rings is 1. The maximum atomic E-state index is 13.8. The molecule has 0 saturated carbocycles. The molecule has 1 unspecified atom stereocenters. The van der Waals surface area contributed by atoms with E-state index in [-0.39, 0.29) is 46.1 Å². The number of nitrogens with zero attached hydrogens (tertiary/aromatic N) is 1. The van der Waals surface area contributed by atoms with Crippen LogP contribution in [0.1, 0.15) is 31.7 Å². The zero-order valence-corrected chi connectivity index (χ0v) is 17.1. The minimum atomic E-state index is -1.19. The van der Waals surface area contributed by atoms with Gasteiger partial charge in [-0.1, -0.05) is 19.1 Å². The third kappa shape index (κ3) is 4.27. The van der Waals surface area contributed by atoms with E-state index in [1.807, 2.05) is 6.92 Å². The number of nitrogens with one attached hydrogen (secondary N) is 1. The molecule has 2 rings (SSSR count). The zero-order chi connectivity index (χ0) is 22.4. The molecule has 162 valence electrons. The highest BCUT2D eigenvalue weighted by molar-refractivity contribution is 6.00. The molecule has 0 aromatic heterocycles. The van der Waals surface area contributed by atoms with Gasteiger partial charge in [-0.05, 0) is 13.3 Å². The van der Waals surface area contributed by atoms with Crippen molar-refractivity contribution >= 4 is 17.6 Å². The number of methoxy groups -OCH3 is 2. The molecule has 0 aliphatic carbocycles. The lowest BCUT2D eigenvalue weighted by atomic mass is 9.79. The van der Waals surface area contributed by atoms with Crippen molar-refractivity contribution in [1.29, 1.82) is 0 Å². The molecule has 0 bridgehead atoms. The van der Waals surface area contributed by atoms with Crippen LogP contribution < -0.4 is 10.1 Å². The average Bonchev–Trinajstić information content (AvgIpc) is 2.75. The van der Waals surface area contributed by atoms with Gasteiger partial charge in [-0.3, -0.25) is 10.1 Å². The summed E-state index contributed by atoms with van der Waals surface area (Å²) in [6.07, 6.45) is 0.561. The predicted octanol–water partition coefficient (Wildman–Crippen LogP) is 2.91. The number of hydrogen-bond donors (Lipinski definition) is 1. The smallest absolute Gasteiger partial charge is 0.336 e. The summed E-state index contributed by atoms with van der Waals surface area (Å²) >= 11 is 0. The summed E-state index contributed by atoms with van der Waals surface area (Å²) in [5, 5.41) is 14.2. The van der Waals surface area contributed by atoms with Crippen molar-refractivity contribution in [2.24, 2.45) is 0 Å². The summed E-state index contributed by atoms with van der Waals surface area (Å²) in [6, 6.07) is 4.10. The van der Waals surface area contributed by atoms with E-state index in [1.165, 1.54) is 32.2 Å². The molecule has 0 saturated heterocycles. The van der Waals surface area contributed by atoms with Crippen molar-refractivity contribution in [1.82, 2.24) is 5.32 Å². The number of esters is 2. The highest BCUT2D eigenvalue weighted by Crippen LogP contribution is 2.45. The highest BCUT2D eigenvalue weighted by Gasteiger charge is 2.41. The highest BCUT2D eigenvalue weighted by atomic mass is 19.1. The number of allylic oxidation sites excluding steroid dienone is 2. The van der Waals surface area contributed by atoms with Gasteiger partial charge in [-0.15, -0.1) is 0 Å². The second-order valence-electron chi connectivity index (χ2n) is 6.41. The molecule has 1 heterocycles. The van der Waals surface area contributed by atoms with Crippen LogP contribution in [-0.2, 0) is 19.1 Å². The van der Waals surface area contributed by atoms with E-state index in [4.69, 9.17) is 14.2 Å². The van der Waals surface area contributed by atoms with Crippen molar-refractivity contribution in [3.05, 3.63) is 56.4 Å². The molecular formula is C20H23FN2O7. The molecule has 30 heavy (non-hydrogen) atoms. The van der Waals surface area contributed by atoms with Crippen LogP contribution in [0.5, 0.6) is 5.75 Å². The van der Waals surface area contributed by atoms with E-state index >= 15 is 0 Å². The first kappa shape index (κ1) is 22.9. The number of para-hydroxylation sites is 1. The van der Waals surface area contributed by atoms with Crippen LogP contribution in [-0.4, -0.2) is 44.4 Å². The van der Waals surface area contributed by atoms with Crippen molar-refractivity contribution in [2.75, 3.05) is 27.5 Å². The van der Waals surface area contributed by atoms with Gasteiger partial charge in [0.15, 0.2) is 0 Å². The number of ether oxygens (including phenoxy) is 3. The normalized spacial score (nSPS) is 16.1. The Balaban J connectivity index is 2.83. The van der Waals surface area contributed by atoms with Crippen molar-refractivity contribution in [3.63, 3.8) is 0 Å². The monoisotopic (exact) mass is 422 g/mol. The fourth-order valence-electron chi connectivity index (χ4n) is 3.34. The summed E-state index contributed by atoms with van der Waals surface area (Å²) in [6.45, 7) is 2.42. The van der Waals surface area contributed by atoms with E-state index < -0.39 is 29.5 Å². The number of rotatable bonds is 8. The van der Waals surface area contributed by atoms with E-state index in [0.717, 1.165) is 7.11 Å². The van der Waals surface area contributed by atoms with E-state index in [1.54, 1.807) is 0 Å². The molecule has 1 aliphatic heterocycles. The number of carbonyl (C=O) groups is 2. The van der Waals surface area contributed by atoms with Gasteiger partial charge in [-0.2, -0.15) is 0 Å². The molecule has 1 N–H and O–H groups in total. The lowest BCUT2D eigenvalue weighted by Gasteiger charge is -2.31. The topological polar surface area (TPSA) is 117 Å². The van der Waals surface area contributed by atoms with Crippen LogP contribution in [0.4, 0.5) is 10.1 Å². The fraction of sp³-hybridized carbons (Fsp3) is 0.400. The third-order valence-electron chi connectivity index (χ3n) is 4.58. The Labute approximate surface area is 172 Å². The number of nitro benzene ring substituents is 1. The Morgan fingerprint density at radius 2 is 1.93 bits per heavy atom. The minimum absolute atomic E-state index is 0.0137. The number of carbonyl (C=O) groups excluding carboxylic acids is 2. The Morgan fingerprint density at radius 1 is 1.23 bits per heavy atom. The van der Waals surface area contributed by atoms with Crippen molar-refractivity contribution in [2.45, 2.75) is 26.2 Å². The first-order chi connectivity index (χ1) is 14.3. The Kier molecular flexibility index (Phi) is 7.51. The summed E-state index contributed by atoms with van der Waals surface area (Å²) in [5.41, 5.74) is -0.242. The predicted molar refractivity (Wildman–Crippen MR) is 104 cm³/mol. The van der Waals surface area contributed by atoms with Gasteiger partial charge < -0.3 is 19.5 Å². The van der Waals surface area contributed by atoms with Crippen LogP contribution in [0.3, 0.4) is 0 Å². The Hall–Kier alpha value is -3.43. The van der Waals surface area contributed by atoms with Gasteiger partial charge in [0.2, 0.25) is 5.75 Å². The number of hydrogen-bond acceptors (Lipinski definition) is 8. The number of halogens is 1. The molecule has 1 aromatic carbocycles. The van der Waals surface area contributed by atoms with Crippen LogP contribution in [0.15, 0.2) is 40.7 Å². The molecule has 1 aromatic rings. The summed E-state index contributed by atoms with van der Waals surface area (Å²) in [5.74, 6) is -2.96. The van der Waals surface area contributed by atoms with Gasteiger partial charge >= 0.3 is 17.6 Å².